The standard InChI is InChI=1S/C16H25NO/c1-12-3-7-15(8-4-12)17-13(2)11-14-5-9-16(18)10-6-14/h5-6,9-10,12-13,15,17-18H,3-4,7-8,11H2,1-2H3. The predicted octanol–water partition coefficient (Wildman–Crippen LogP) is 3.49. The molecule has 1 unspecified atom stereocenters. The minimum atomic E-state index is 0.348. The van der Waals surface area contributed by atoms with Crippen molar-refractivity contribution in [1.82, 2.24) is 5.32 Å². The summed E-state index contributed by atoms with van der Waals surface area (Å²) >= 11 is 0. The summed E-state index contributed by atoms with van der Waals surface area (Å²) in [4.78, 5) is 0. The number of hydrogen-bond acceptors (Lipinski definition) is 2. The minimum absolute atomic E-state index is 0.348. The molecule has 1 atom stereocenters. The van der Waals surface area contributed by atoms with Crippen LogP contribution in [0.25, 0.3) is 0 Å². The summed E-state index contributed by atoms with van der Waals surface area (Å²) in [5, 5.41) is 13.0. The fourth-order valence-corrected chi connectivity index (χ4v) is 2.87. The fourth-order valence-electron chi connectivity index (χ4n) is 2.87. The van der Waals surface area contributed by atoms with Gasteiger partial charge in [-0.1, -0.05) is 19.1 Å². The van der Waals surface area contributed by atoms with Crippen molar-refractivity contribution in [3.63, 3.8) is 0 Å². The lowest BCUT2D eigenvalue weighted by molar-refractivity contribution is 0.290. The highest BCUT2D eigenvalue weighted by atomic mass is 16.3. The van der Waals surface area contributed by atoms with Gasteiger partial charge >= 0.3 is 0 Å². The van der Waals surface area contributed by atoms with Crippen LogP contribution in [0.2, 0.25) is 0 Å². The van der Waals surface area contributed by atoms with Crippen molar-refractivity contribution in [2.45, 2.75) is 58.0 Å². The number of aromatic hydroxyl groups is 1. The molecule has 0 radical (unpaired) electrons. The molecule has 100 valence electrons. The minimum Gasteiger partial charge on any atom is -0.508 e. The fraction of sp³-hybridized carbons (Fsp3) is 0.625. The Morgan fingerprint density at radius 3 is 2.39 bits per heavy atom. The molecule has 2 rings (SSSR count). The molecule has 18 heavy (non-hydrogen) atoms. The van der Waals surface area contributed by atoms with Gasteiger partial charge in [-0.05, 0) is 62.6 Å². The average Bonchev–Trinajstić information content (AvgIpc) is 2.35. The zero-order valence-corrected chi connectivity index (χ0v) is 11.5. The Morgan fingerprint density at radius 1 is 1.17 bits per heavy atom. The summed E-state index contributed by atoms with van der Waals surface area (Å²) < 4.78 is 0. The summed E-state index contributed by atoms with van der Waals surface area (Å²) in [6.07, 6.45) is 6.40. The molecule has 0 heterocycles. The molecule has 1 aromatic carbocycles. The highest BCUT2D eigenvalue weighted by Crippen LogP contribution is 2.24. The summed E-state index contributed by atoms with van der Waals surface area (Å²) in [5.41, 5.74) is 1.29. The Kier molecular flexibility index (Phi) is 4.65. The van der Waals surface area contributed by atoms with Crippen LogP contribution in [0.5, 0.6) is 5.75 Å². The monoisotopic (exact) mass is 247 g/mol. The molecule has 1 aliphatic rings. The van der Waals surface area contributed by atoms with Crippen LogP contribution in [0.4, 0.5) is 0 Å². The topological polar surface area (TPSA) is 32.3 Å². The van der Waals surface area contributed by atoms with Crippen LogP contribution in [-0.4, -0.2) is 17.2 Å². The van der Waals surface area contributed by atoms with E-state index in [1.165, 1.54) is 31.2 Å². The van der Waals surface area contributed by atoms with Gasteiger partial charge in [0, 0.05) is 12.1 Å². The van der Waals surface area contributed by atoms with Crippen molar-refractivity contribution in [3.05, 3.63) is 29.8 Å². The first-order valence-corrected chi connectivity index (χ1v) is 7.17. The third-order valence-corrected chi connectivity index (χ3v) is 4.01. The SMILES string of the molecule is CC1CCC(NC(C)Cc2ccc(O)cc2)CC1. The molecule has 0 aromatic heterocycles. The summed E-state index contributed by atoms with van der Waals surface area (Å²) in [5.74, 6) is 1.26. The Bertz CT molecular complexity index is 352. The highest BCUT2D eigenvalue weighted by Gasteiger charge is 2.19. The largest absolute Gasteiger partial charge is 0.508 e. The summed E-state index contributed by atoms with van der Waals surface area (Å²) in [6, 6.07) is 8.77. The molecule has 1 fully saturated rings. The average molecular weight is 247 g/mol. The van der Waals surface area contributed by atoms with Crippen LogP contribution in [0, 0.1) is 5.92 Å². The molecule has 1 aromatic rings. The lowest BCUT2D eigenvalue weighted by Gasteiger charge is -2.29. The van der Waals surface area contributed by atoms with Crippen molar-refractivity contribution < 1.29 is 5.11 Å². The van der Waals surface area contributed by atoms with E-state index < -0.39 is 0 Å². The zero-order valence-electron chi connectivity index (χ0n) is 11.5. The summed E-state index contributed by atoms with van der Waals surface area (Å²) in [7, 11) is 0. The Hall–Kier alpha value is -1.02. The van der Waals surface area contributed by atoms with E-state index in [2.05, 4.69) is 19.2 Å². The number of benzene rings is 1. The summed E-state index contributed by atoms with van der Waals surface area (Å²) in [6.45, 7) is 4.61. The molecule has 1 saturated carbocycles. The highest BCUT2D eigenvalue weighted by molar-refractivity contribution is 5.26. The van der Waals surface area contributed by atoms with E-state index in [1.54, 1.807) is 12.1 Å². The molecule has 0 spiro atoms. The van der Waals surface area contributed by atoms with Gasteiger partial charge in [0.2, 0.25) is 0 Å². The Morgan fingerprint density at radius 2 is 1.78 bits per heavy atom. The van der Waals surface area contributed by atoms with E-state index in [0.29, 0.717) is 17.8 Å². The van der Waals surface area contributed by atoms with Gasteiger partial charge in [0.1, 0.15) is 5.75 Å². The molecule has 2 heteroatoms. The van der Waals surface area contributed by atoms with Crippen molar-refractivity contribution >= 4 is 0 Å². The van der Waals surface area contributed by atoms with Gasteiger partial charge in [-0.25, -0.2) is 0 Å². The molecule has 0 amide bonds. The Balaban J connectivity index is 1.78. The van der Waals surface area contributed by atoms with Gasteiger partial charge in [0.25, 0.3) is 0 Å². The second-order valence-corrected chi connectivity index (χ2v) is 5.90. The predicted molar refractivity (Wildman–Crippen MR) is 75.8 cm³/mol. The van der Waals surface area contributed by atoms with Crippen molar-refractivity contribution in [2.24, 2.45) is 5.92 Å². The van der Waals surface area contributed by atoms with E-state index in [1.807, 2.05) is 12.1 Å². The maximum Gasteiger partial charge on any atom is 0.115 e. The van der Waals surface area contributed by atoms with E-state index in [-0.39, 0.29) is 0 Å². The molecule has 2 nitrogen and oxygen atoms in total. The van der Waals surface area contributed by atoms with Crippen LogP contribution in [0.1, 0.15) is 45.1 Å². The van der Waals surface area contributed by atoms with Crippen LogP contribution in [0.3, 0.4) is 0 Å². The van der Waals surface area contributed by atoms with Gasteiger partial charge < -0.3 is 10.4 Å². The second kappa shape index (κ2) is 6.24. The third-order valence-electron chi connectivity index (χ3n) is 4.01. The van der Waals surface area contributed by atoms with Gasteiger partial charge in [-0.3, -0.25) is 0 Å². The Labute approximate surface area is 110 Å². The lowest BCUT2D eigenvalue weighted by Crippen LogP contribution is -2.39. The normalized spacial score (nSPS) is 25.9. The number of nitrogens with one attached hydrogen (secondary N) is 1. The van der Waals surface area contributed by atoms with Crippen molar-refractivity contribution in [2.75, 3.05) is 0 Å². The third kappa shape index (κ3) is 4.02. The lowest BCUT2D eigenvalue weighted by atomic mass is 9.87. The molecule has 2 N–H and O–H groups in total. The van der Waals surface area contributed by atoms with E-state index in [4.69, 9.17) is 0 Å². The number of rotatable bonds is 4. The van der Waals surface area contributed by atoms with E-state index in [0.717, 1.165) is 12.3 Å². The zero-order chi connectivity index (χ0) is 13.0. The molecule has 1 aliphatic carbocycles. The second-order valence-electron chi connectivity index (χ2n) is 5.90. The van der Waals surface area contributed by atoms with Crippen LogP contribution < -0.4 is 5.32 Å². The molecule has 0 bridgehead atoms. The first kappa shape index (κ1) is 13.4. The van der Waals surface area contributed by atoms with Crippen LogP contribution >= 0.6 is 0 Å². The molecular formula is C16H25NO. The quantitative estimate of drug-likeness (QED) is 0.853. The first-order chi connectivity index (χ1) is 8.63. The maximum atomic E-state index is 9.26. The molecule has 0 aliphatic heterocycles. The van der Waals surface area contributed by atoms with E-state index >= 15 is 0 Å². The van der Waals surface area contributed by atoms with Gasteiger partial charge in [-0.2, -0.15) is 0 Å². The van der Waals surface area contributed by atoms with Crippen LogP contribution in [-0.2, 0) is 6.42 Å². The first-order valence-electron chi connectivity index (χ1n) is 7.17. The van der Waals surface area contributed by atoms with Gasteiger partial charge in [-0.15, -0.1) is 0 Å². The molecule has 0 saturated heterocycles. The smallest absolute Gasteiger partial charge is 0.115 e. The molecular weight excluding hydrogens is 222 g/mol. The number of phenolic OH excluding ortho intramolecular Hbond substituents is 1. The van der Waals surface area contributed by atoms with Gasteiger partial charge in [0.15, 0.2) is 0 Å². The number of hydrogen-bond donors (Lipinski definition) is 2. The number of phenols is 1. The van der Waals surface area contributed by atoms with Crippen molar-refractivity contribution in [1.29, 1.82) is 0 Å². The van der Waals surface area contributed by atoms with Crippen LogP contribution in [0.15, 0.2) is 24.3 Å². The maximum absolute atomic E-state index is 9.26. The van der Waals surface area contributed by atoms with E-state index in [9.17, 15) is 5.11 Å². The van der Waals surface area contributed by atoms with Gasteiger partial charge in [0.05, 0.1) is 0 Å². The van der Waals surface area contributed by atoms with Crippen molar-refractivity contribution in [3.8, 4) is 5.75 Å².